The first-order chi connectivity index (χ1) is 34.9. The van der Waals surface area contributed by atoms with E-state index in [1.165, 1.54) is 26.2 Å². The van der Waals surface area contributed by atoms with E-state index in [0.717, 1.165) is 73.2 Å². The summed E-state index contributed by atoms with van der Waals surface area (Å²) in [6, 6.07) is 4.91. The molecule has 0 N–H and O–H groups in total. The first-order valence-corrected chi connectivity index (χ1v) is 22.1. The number of hydrogen-bond acceptors (Lipinski definition) is 13. The Balaban J connectivity index is 0.000000230. The number of esters is 2. The number of alkyl halides is 4. The fraction of sp³-hybridized carbons (Fsp3) is 0.333. The van der Waals surface area contributed by atoms with Crippen LogP contribution in [-0.2, 0) is 44.7 Å². The number of aromatic nitrogens is 7. The van der Waals surface area contributed by atoms with Gasteiger partial charge >= 0.3 is 31.0 Å². The Bertz CT molecular complexity index is 3090. The van der Waals surface area contributed by atoms with E-state index in [-0.39, 0.29) is 112 Å². The third-order valence-corrected chi connectivity index (χ3v) is 11.6. The highest BCUT2D eigenvalue weighted by atomic mass is 19.3. The predicted molar refractivity (Wildman–Crippen MR) is 240 cm³/mol. The Labute approximate surface area is 410 Å². The second kappa shape index (κ2) is 23.3. The summed E-state index contributed by atoms with van der Waals surface area (Å²) >= 11 is 0. The number of carbonyl (C=O) groups excluding carboxylic acids is 4. The molecule has 6 aromatic rings. The molecule has 2 amide bonds. The highest BCUT2D eigenvalue weighted by Crippen LogP contribution is 2.36. The van der Waals surface area contributed by atoms with Crippen molar-refractivity contribution in [3.8, 4) is 34.6 Å². The summed E-state index contributed by atoms with van der Waals surface area (Å²) in [6.45, 7) is -0.332. The van der Waals surface area contributed by atoms with Crippen molar-refractivity contribution < 1.29 is 68.5 Å². The minimum Gasteiger partial charge on any atom is -0.467 e. The topological polar surface area (TPSA) is 201 Å². The average Bonchev–Trinajstić information content (AvgIpc) is 4.08. The molecule has 2 aliphatic rings. The number of nitriles is 1. The van der Waals surface area contributed by atoms with E-state index in [4.69, 9.17) is 19.5 Å². The van der Waals surface area contributed by atoms with Crippen LogP contribution in [0.4, 0.5) is 35.1 Å². The van der Waals surface area contributed by atoms with Gasteiger partial charge in [0.2, 0.25) is 0 Å². The molecule has 0 fully saturated rings. The van der Waals surface area contributed by atoms with Gasteiger partial charge in [-0.15, -0.1) is 0 Å². The molecule has 0 saturated carbocycles. The molecule has 2 unspecified atom stereocenters. The van der Waals surface area contributed by atoms with Crippen LogP contribution in [-0.4, -0.2) is 115 Å². The standard InChI is InChI=1S/C24H19F4N5O3.C22H19F4N5O4.C2H6/c1-12-14(9-29)8-18(26)21(31-12)16-3-4-17(25)20-15(16)5-6-32(22(20)34)19(23(35)36-2)7-13-10-30-33(11-13)24(27)28;1-34-20(33)16(7-11-8-28-31(10-11)21(25)26)30-6-5-12-13(3-4-14(23)17(12)19(30)32)18-15(24)9-27-22(29-18)35-2;1-2/h3-4,8,10-11,19,24H,5-7H2,1-2H3;3-4,8-10,16,21H,5-7H2,1-2H3;1-2H3. The van der Waals surface area contributed by atoms with Gasteiger partial charge in [-0.05, 0) is 72.4 Å². The van der Waals surface area contributed by atoms with Crippen molar-refractivity contribution in [3.05, 3.63) is 129 Å². The molecule has 384 valence electrons. The number of fused-ring (bicyclic) bond motifs is 2. The smallest absolute Gasteiger partial charge is 0.333 e. The summed E-state index contributed by atoms with van der Waals surface area (Å²) in [7, 11) is 3.53. The monoisotopic (exact) mass is 1020 g/mol. The van der Waals surface area contributed by atoms with Crippen molar-refractivity contribution in [3.63, 3.8) is 0 Å². The molecule has 25 heteroatoms. The van der Waals surface area contributed by atoms with Gasteiger partial charge in [-0.1, -0.05) is 13.8 Å². The maximum Gasteiger partial charge on any atom is 0.333 e. The molecule has 2 aliphatic heterocycles. The minimum atomic E-state index is -2.88. The van der Waals surface area contributed by atoms with E-state index < -0.39 is 72.2 Å². The molecule has 0 saturated heterocycles. The number of nitrogens with zero attached hydrogens (tertiary/aromatic N) is 10. The van der Waals surface area contributed by atoms with Gasteiger partial charge in [-0.25, -0.2) is 46.5 Å². The van der Waals surface area contributed by atoms with Gasteiger partial charge < -0.3 is 24.0 Å². The van der Waals surface area contributed by atoms with Crippen LogP contribution in [0.1, 0.15) is 81.2 Å². The normalized spacial score (nSPS) is 13.7. The van der Waals surface area contributed by atoms with E-state index in [2.05, 4.69) is 25.1 Å². The minimum absolute atomic E-state index is 0.0468. The number of pyridine rings is 1. The van der Waals surface area contributed by atoms with Gasteiger partial charge in [0.05, 0.1) is 62.3 Å². The molecule has 8 rings (SSSR count). The highest BCUT2D eigenvalue weighted by Gasteiger charge is 2.40. The predicted octanol–water partition coefficient (Wildman–Crippen LogP) is 7.41. The first kappa shape index (κ1) is 54.0. The lowest BCUT2D eigenvalue weighted by Crippen LogP contribution is -2.50. The van der Waals surface area contributed by atoms with Gasteiger partial charge in [0.25, 0.3) is 11.8 Å². The fourth-order valence-corrected chi connectivity index (χ4v) is 8.27. The summed E-state index contributed by atoms with van der Waals surface area (Å²) in [5.74, 6) is -6.63. The summed E-state index contributed by atoms with van der Waals surface area (Å²) in [5.41, 5.74) is 0.616. The van der Waals surface area contributed by atoms with E-state index >= 15 is 0 Å². The molecule has 6 heterocycles. The zero-order valence-corrected chi connectivity index (χ0v) is 39.7. The molecule has 2 aromatic carbocycles. The Morgan fingerprint density at radius 1 is 0.685 bits per heavy atom. The quantitative estimate of drug-likeness (QED) is 0.0819. The average molecular weight is 1020 g/mol. The maximum atomic E-state index is 14.9. The lowest BCUT2D eigenvalue weighted by molar-refractivity contribution is -0.146. The number of benzene rings is 2. The Kier molecular flexibility index (Phi) is 17.2. The summed E-state index contributed by atoms with van der Waals surface area (Å²) in [6.07, 6.45) is 5.03. The zero-order chi connectivity index (χ0) is 53.4. The molecule has 0 spiro atoms. The van der Waals surface area contributed by atoms with Crippen LogP contribution >= 0.6 is 0 Å². The number of halogens is 8. The second-order valence-electron chi connectivity index (χ2n) is 15.7. The fourth-order valence-electron chi connectivity index (χ4n) is 8.27. The van der Waals surface area contributed by atoms with Gasteiger partial charge in [0.1, 0.15) is 41.2 Å². The van der Waals surface area contributed by atoms with E-state index in [1.54, 1.807) is 0 Å². The second-order valence-corrected chi connectivity index (χ2v) is 15.7. The third-order valence-electron chi connectivity index (χ3n) is 11.6. The molecule has 0 radical (unpaired) electrons. The Morgan fingerprint density at radius 3 is 1.53 bits per heavy atom. The SMILES string of the molecule is CC.COC(=O)C(Cc1cnn(C(F)F)c1)N1CCc2c(-c3nc(C)c(C#N)cc3F)ccc(F)c2C1=O.COC(=O)C(Cc1cnn(C(F)F)c1)N1CCc2c(-c3nc(OC)ncc3F)ccc(F)c2C1=O. The molecule has 0 aliphatic carbocycles. The molecule has 2 atom stereocenters. The first-order valence-electron chi connectivity index (χ1n) is 22.1. The lowest BCUT2D eigenvalue weighted by atomic mass is 9.90. The number of carbonyl (C=O) groups is 4. The van der Waals surface area contributed by atoms with Crippen molar-refractivity contribution in [1.82, 2.24) is 44.3 Å². The highest BCUT2D eigenvalue weighted by molar-refractivity contribution is 6.02. The molecule has 0 bridgehead atoms. The van der Waals surface area contributed by atoms with Crippen molar-refractivity contribution in [2.24, 2.45) is 0 Å². The van der Waals surface area contributed by atoms with Crippen molar-refractivity contribution in [2.45, 2.75) is 71.6 Å². The van der Waals surface area contributed by atoms with E-state index in [9.17, 15) is 54.3 Å². The van der Waals surface area contributed by atoms with Crippen LogP contribution in [0.25, 0.3) is 22.5 Å². The molecule has 73 heavy (non-hydrogen) atoms. The number of rotatable bonds is 13. The van der Waals surface area contributed by atoms with Crippen LogP contribution in [0.15, 0.2) is 61.3 Å². The third kappa shape index (κ3) is 11.3. The molecular weight excluding hydrogens is 981 g/mol. The zero-order valence-electron chi connectivity index (χ0n) is 39.7. The molecule has 17 nitrogen and oxygen atoms in total. The van der Waals surface area contributed by atoms with Crippen molar-refractivity contribution in [1.29, 1.82) is 5.26 Å². The lowest BCUT2D eigenvalue weighted by Gasteiger charge is -2.34. The Hall–Kier alpha value is -8.30. The van der Waals surface area contributed by atoms with Crippen LogP contribution in [0.2, 0.25) is 0 Å². The van der Waals surface area contributed by atoms with Gasteiger partial charge in [0, 0.05) is 49.5 Å². The van der Waals surface area contributed by atoms with E-state index in [1.807, 2.05) is 19.9 Å². The number of methoxy groups -OCH3 is 3. The Morgan fingerprint density at radius 2 is 1.14 bits per heavy atom. The number of amides is 2. The number of ether oxygens (including phenoxy) is 3. The van der Waals surface area contributed by atoms with Crippen LogP contribution in [0, 0.1) is 41.5 Å². The van der Waals surface area contributed by atoms with Gasteiger partial charge in [0.15, 0.2) is 11.6 Å². The van der Waals surface area contributed by atoms with Gasteiger partial charge in [-0.3, -0.25) is 9.59 Å². The largest absolute Gasteiger partial charge is 0.467 e. The van der Waals surface area contributed by atoms with Crippen molar-refractivity contribution in [2.75, 3.05) is 34.4 Å². The van der Waals surface area contributed by atoms with Crippen molar-refractivity contribution >= 4 is 23.8 Å². The van der Waals surface area contributed by atoms with Crippen LogP contribution in [0.5, 0.6) is 6.01 Å². The van der Waals surface area contributed by atoms with E-state index in [0.29, 0.717) is 9.36 Å². The summed E-state index contributed by atoms with van der Waals surface area (Å²) < 4.78 is 126. The van der Waals surface area contributed by atoms with Gasteiger partial charge in [-0.2, -0.15) is 38.0 Å². The molecular formula is C48H44F8N10O7. The van der Waals surface area contributed by atoms with Crippen LogP contribution < -0.4 is 4.74 Å². The summed E-state index contributed by atoms with van der Waals surface area (Å²) in [5, 5.41) is 16.2. The van der Waals surface area contributed by atoms with Crippen LogP contribution in [0.3, 0.4) is 0 Å². The maximum absolute atomic E-state index is 14.9. The summed E-state index contributed by atoms with van der Waals surface area (Å²) in [4.78, 5) is 65.9. The molecule has 4 aromatic heterocycles. The number of aryl methyl sites for hydroxylation is 1. The number of hydrogen-bond donors (Lipinski definition) is 0.